The van der Waals surface area contributed by atoms with Crippen molar-refractivity contribution in [1.82, 2.24) is 0 Å². The Hall–Kier alpha value is -1.02. The SMILES string of the molecule is CC(=O)c1cccc(Cl)c1N1CCC(C)(C)CC1. The van der Waals surface area contributed by atoms with E-state index >= 15 is 0 Å². The molecule has 2 rings (SSSR count). The van der Waals surface area contributed by atoms with E-state index in [1.807, 2.05) is 18.2 Å². The number of rotatable bonds is 2. The van der Waals surface area contributed by atoms with Gasteiger partial charge < -0.3 is 4.90 Å². The van der Waals surface area contributed by atoms with Crippen molar-refractivity contribution in [2.45, 2.75) is 33.6 Å². The van der Waals surface area contributed by atoms with Crippen LogP contribution in [0.2, 0.25) is 5.02 Å². The predicted octanol–water partition coefficient (Wildman–Crippen LogP) is 4.17. The molecule has 1 aliphatic heterocycles. The molecule has 3 heteroatoms. The average Bonchev–Trinajstić information content (AvgIpc) is 2.29. The van der Waals surface area contributed by atoms with Crippen molar-refractivity contribution in [3.63, 3.8) is 0 Å². The molecule has 2 nitrogen and oxygen atoms in total. The molecule has 1 aliphatic rings. The Morgan fingerprint density at radius 2 is 1.89 bits per heavy atom. The number of nitrogens with zero attached hydrogens (tertiary/aromatic N) is 1. The number of halogens is 1. The molecule has 0 aliphatic carbocycles. The highest BCUT2D eigenvalue weighted by atomic mass is 35.5. The van der Waals surface area contributed by atoms with Crippen molar-refractivity contribution >= 4 is 23.1 Å². The maximum Gasteiger partial charge on any atom is 0.161 e. The van der Waals surface area contributed by atoms with Crippen LogP contribution in [0.4, 0.5) is 5.69 Å². The highest BCUT2D eigenvalue weighted by Crippen LogP contribution is 2.36. The fourth-order valence-corrected chi connectivity index (χ4v) is 2.75. The average molecular weight is 266 g/mol. The van der Waals surface area contributed by atoms with Gasteiger partial charge in [-0.15, -0.1) is 0 Å². The Labute approximate surface area is 114 Å². The van der Waals surface area contributed by atoms with Gasteiger partial charge in [0, 0.05) is 18.7 Å². The smallest absolute Gasteiger partial charge is 0.161 e. The molecule has 0 amide bonds. The van der Waals surface area contributed by atoms with Crippen LogP contribution in [-0.2, 0) is 0 Å². The van der Waals surface area contributed by atoms with E-state index in [1.54, 1.807) is 6.92 Å². The van der Waals surface area contributed by atoms with Crippen molar-refractivity contribution in [2.75, 3.05) is 18.0 Å². The number of anilines is 1. The summed E-state index contributed by atoms with van der Waals surface area (Å²) in [7, 11) is 0. The molecule has 0 bridgehead atoms. The van der Waals surface area contributed by atoms with E-state index in [0.29, 0.717) is 10.4 Å². The molecule has 18 heavy (non-hydrogen) atoms. The number of Topliss-reactive ketones (excluding diaryl/α,β-unsaturated/α-hetero) is 1. The molecule has 1 heterocycles. The van der Waals surface area contributed by atoms with Crippen molar-refractivity contribution in [3.05, 3.63) is 28.8 Å². The van der Waals surface area contributed by atoms with Crippen LogP contribution < -0.4 is 4.90 Å². The van der Waals surface area contributed by atoms with Gasteiger partial charge in [0.05, 0.1) is 10.7 Å². The summed E-state index contributed by atoms with van der Waals surface area (Å²) in [6.45, 7) is 8.13. The molecule has 1 aromatic carbocycles. The lowest BCUT2D eigenvalue weighted by atomic mass is 9.82. The first-order chi connectivity index (χ1) is 8.41. The van der Waals surface area contributed by atoms with Crippen molar-refractivity contribution in [1.29, 1.82) is 0 Å². The van der Waals surface area contributed by atoms with Gasteiger partial charge in [-0.2, -0.15) is 0 Å². The second kappa shape index (κ2) is 4.93. The molecule has 0 saturated carbocycles. The zero-order valence-corrected chi connectivity index (χ0v) is 12.0. The Balaban J connectivity index is 2.31. The number of para-hydroxylation sites is 1. The number of ketones is 1. The molecule has 98 valence electrons. The van der Waals surface area contributed by atoms with Crippen molar-refractivity contribution in [2.24, 2.45) is 5.41 Å². The maximum absolute atomic E-state index is 11.7. The number of benzene rings is 1. The summed E-state index contributed by atoms with van der Waals surface area (Å²) >= 11 is 6.28. The first-order valence-corrected chi connectivity index (χ1v) is 6.83. The first kappa shape index (κ1) is 13.4. The minimum absolute atomic E-state index is 0.0809. The molecular weight excluding hydrogens is 246 g/mol. The van der Waals surface area contributed by atoms with Crippen LogP contribution in [0.15, 0.2) is 18.2 Å². The molecule has 0 spiro atoms. The quantitative estimate of drug-likeness (QED) is 0.748. The Bertz CT molecular complexity index is 458. The number of carbonyl (C=O) groups excluding carboxylic acids is 1. The lowest BCUT2D eigenvalue weighted by Gasteiger charge is -2.39. The zero-order valence-electron chi connectivity index (χ0n) is 11.3. The molecular formula is C15H20ClNO. The van der Waals surface area contributed by atoms with Crippen LogP contribution in [0, 0.1) is 5.41 Å². The van der Waals surface area contributed by atoms with Crippen molar-refractivity contribution < 1.29 is 4.79 Å². The van der Waals surface area contributed by atoms with E-state index in [4.69, 9.17) is 11.6 Å². The molecule has 1 fully saturated rings. The Morgan fingerprint density at radius 1 is 1.28 bits per heavy atom. The number of hydrogen-bond acceptors (Lipinski definition) is 2. The predicted molar refractivity (Wildman–Crippen MR) is 76.7 cm³/mol. The molecule has 0 radical (unpaired) electrons. The van der Waals surface area contributed by atoms with Gasteiger partial charge in [0.15, 0.2) is 5.78 Å². The standard InChI is InChI=1S/C15H20ClNO/c1-11(18)12-5-4-6-13(16)14(12)17-9-7-15(2,3)8-10-17/h4-6H,7-10H2,1-3H3. The lowest BCUT2D eigenvalue weighted by molar-refractivity contribution is 0.101. The van der Waals surface area contributed by atoms with E-state index in [9.17, 15) is 4.79 Å². The summed E-state index contributed by atoms with van der Waals surface area (Å²) in [5.41, 5.74) is 2.05. The Kier molecular flexibility index (Phi) is 3.67. The number of hydrogen-bond donors (Lipinski definition) is 0. The van der Waals surface area contributed by atoms with E-state index in [1.165, 1.54) is 0 Å². The molecule has 0 N–H and O–H groups in total. The van der Waals surface area contributed by atoms with E-state index < -0.39 is 0 Å². The van der Waals surface area contributed by atoms with Gasteiger partial charge >= 0.3 is 0 Å². The first-order valence-electron chi connectivity index (χ1n) is 6.45. The molecule has 1 saturated heterocycles. The third kappa shape index (κ3) is 2.69. The molecule has 1 aromatic rings. The van der Waals surface area contributed by atoms with Crippen LogP contribution >= 0.6 is 11.6 Å². The van der Waals surface area contributed by atoms with Gasteiger partial charge in [0.25, 0.3) is 0 Å². The van der Waals surface area contributed by atoms with Gasteiger partial charge in [0.1, 0.15) is 0 Å². The van der Waals surface area contributed by atoms with E-state index in [0.717, 1.165) is 37.2 Å². The second-order valence-electron chi connectivity index (χ2n) is 5.84. The van der Waals surface area contributed by atoms with Crippen LogP contribution in [0.5, 0.6) is 0 Å². The molecule has 0 aromatic heterocycles. The van der Waals surface area contributed by atoms with Gasteiger partial charge in [-0.25, -0.2) is 0 Å². The maximum atomic E-state index is 11.7. The summed E-state index contributed by atoms with van der Waals surface area (Å²) < 4.78 is 0. The van der Waals surface area contributed by atoms with E-state index in [2.05, 4.69) is 18.7 Å². The topological polar surface area (TPSA) is 20.3 Å². The fraction of sp³-hybridized carbons (Fsp3) is 0.533. The summed E-state index contributed by atoms with van der Waals surface area (Å²) in [4.78, 5) is 14.0. The van der Waals surface area contributed by atoms with Crippen LogP contribution in [0.25, 0.3) is 0 Å². The largest absolute Gasteiger partial charge is 0.370 e. The van der Waals surface area contributed by atoms with E-state index in [-0.39, 0.29) is 5.78 Å². The highest BCUT2D eigenvalue weighted by molar-refractivity contribution is 6.34. The fourth-order valence-electron chi connectivity index (χ4n) is 2.46. The summed E-state index contributed by atoms with van der Waals surface area (Å²) in [5.74, 6) is 0.0809. The summed E-state index contributed by atoms with van der Waals surface area (Å²) in [6, 6.07) is 5.57. The highest BCUT2D eigenvalue weighted by Gasteiger charge is 2.27. The number of piperidine rings is 1. The third-order valence-corrected chi connectivity index (χ3v) is 4.10. The number of carbonyl (C=O) groups is 1. The minimum Gasteiger partial charge on any atom is -0.370 e. The van der Waals surface area contributed by atoms with Gasteiger partial charge in [0.2, 0.25) is 0 Å². The lowest BCUT2D eigenvalue weighted by Crippen LogP contribution is -2.38. The van der Waals surface area contributed by atoms with Gasteiger partial charge in [-0.1, -0.05) is 31.5 Å². The minimum atomic E-state index is 0.0809. The third-order valence-electron chi connectivity index (χ3n) is 3.80. The zero-order chi connectivity index (χ0) is 13.3. The summed E-state index contributed by atoms with van der Waals surface area (Å²) in [5, 5.41) is 0.683. The molecule has 0 atom stereocenters. The summed E-state index contributed by atoms with van der Waals surface area (Å²) in [6.07, 6.45) is 2.27. The van der Waals surface area contributed by atoms with Crippen LogP contribution in [0.1, 0.15) is 44.0 Å². The Morgan fingerprint density at radius 3 is 2.44 bits per heavy atom. The van der Waals surface area contributed by atoms with Crippen LogP contribution in [-0.4, -0.2) is 18.9 Å². The van der Waals surface area contributed by atoms with Crippen molar-refractivity contribution in [3.8, 4) is 0 Å². The second-order valence-corrected chi connectivity index (χ2v) is 6.25. The van der Waals surface area contributed by atoms with Gasteiger partial charge in [-0.3, -0.25) is 4.79 Å². The van der Waals surface area contributed by atoms with Crippen LogP contribution in [0.3, 0.4) is 0 Å². The van der Waals surface area contributed by atoms with Gasteiger partial charge in [-0.05, 0) is 37.3 Å². The normalized spacial score (nSPS) is 18.8. The monoisotopic (exact) mass is 265 g/mol. The molecule has 0 unspecified atom stereocenters.